The van der Waals surface area contributed by atoms with Crippen molar-refractivity contribution in [1.82, 2.24) is 0 Å². The molecule has 2 rings (SSSR count). The molecule has 0 spiro atoms. The topological polar surface area (TPSA) is 58.7 Å². The summed E-state index contributed by atoms with van der Waals surface area (Å²) in [5.74, 6) is 0.853. The summed E-state index contributed by atoms with van der Waals surface area (Å²) in [6.07, 6.45) is 4.52. The van der Waals surface area contributed by atoms with Crippen LogP contribution in [0.5, 0.6) is 5.75 Å². The molecule has 0 heterocycles. The highest BCUT2D eigenvalue weighted by Crippen LogP contribution is 2.38. The zero-order valence-electron chi connectivity index (χ0n) is 12.5. The number of anilines is 1. The number of rotatable bonds is 7. The lowest BCUT2D eigenvalue weighted by Crippen LogP contribution is -2.42. The fraction of sp³-hybridized carbons (Fsp3) is 0.625. The van der Waals surface area contributed by atoms with Crippen LogP contribution in [0.4, 0.5) is 5.69 Å². The second-order valence-corrected chi connectivity index (χ2v) is 5.54. The molecule has 0 saturated heterocycles. The first-order valence-electron chi connectivity index (χ1n) is 7.49. The molecule has 4 nitrogen and oxygen atoms in total. The van der Waals surface area contributed by atoms with Gasteiger partial charge in [-0.25, -0.2) is 0 Å². The van der Waals surface area contributed by atoms with E-state index in [0.717, 1.165) is 30.0 Å². The van der Waals surface area contributed by atoms with Gasteiger partial charge in [0.1, 0.15) is 5.75 Å². The molecule has 0 bridgehead atoms. The van der Waals surface area contributed by atoms with Crippen LogP contribution in [0.1, 0.15) is 44.2 Å². The smallest absolute Gasteiger partial charge is 0.125 e. The molecule has 4 heteroatoms. The summed E-state index contributed by atoms with van der Waals surface area (Å²) in [7, 11) is 1.69. The van der Waals surface area contributed by atoms with E-state index in [1.54, 1.807) is 7.11 Å². The highest BCUT2D eigenvalue weighted by molar-refractivity contribution is 5.61. The van der Waals surface area contributed by atoms with Gasteiger partial charge in [0.15, 0.2) is 0 Å². The molecule has 112 valence electrons. The summed E-state index contributed by atoms with van der Waals surface area (Å²) in [4.78, 5) is 2.40. The predicted molar refractivity (Wildman–Crippen MR) is 82.3 cm³/mol. The Morgan fingerprint density at radius 1 is 1.45 bits per heavy atom. The van der Waals surface area contributed by atoms with Crippen molar-refractivity contribution in [1.29, 1.82) is 0 Å². The Hall–Kier alpha value is -1.26. The van der Waals surface area contributed by atoms with Crippen molar-refractivity contribution in [3.05, 3.63) is 23.8 Å². The van der Waals surface area contributed by atoms with Crippen LogP contribution in [-0.2, 0) is 0 Å². The largest absolute Gasteiger partial charge is 0.496 e. The van der Waals surface area contributed by atoms with Gasteiger partial charge in [0.05, 0.1) is 7.11 Å². The third kappa shape index (κ3) is 3.07. The van der Waals surface area contributed by atoms with Crippen LogP contribution in [0.15, 0.2) is 18.2 Å². The quantitative estimate of drug-likeness (QED) is 0.804. The van der Waals surface area contributed by atoms with Gasteiger partial charge in [-0.2, -0.15) is 0 Å². The van der Waals surface area contributed by atoms with Crippen molar-refractivity contribution < 1.29 is 9.84 Å². The summed E-state index contributed by atoms with van der Waals surface area (Å²) >= 11 is 0. The Bertz CT molecular complexity index is 430. The van der Waals surface area contributed by atoms with Gasteiger partial charge in [0.2, 0.25) is 0 Å². The maximum absolute atomic E-state index is 9.14. The molecular weight excluding hydrogens is 252 g/mol. The van der Waals surface area contributed by atoms with E-state index in [1.807, 2.05) is 19.1 Å². The van der Waals surface area contributed by atoms with Gasteiger partial charge in [-0.05, 0) is 44.7 Å². The van der Waals surface area contributed by atoms with Crippen molar-refractivity contribution in [3.8, 4) is 5.75 Å². The second-order valence-electron chi connectivity index (χ2n) is 5.54. The fourth-order valence-electron chi connectivity index (χ4n) is 2.86. The van der Waals surface area contributed by atoms with Crippen molar-refractivity contribution in [3.63, 3.8) is 0 Å². The van der Waals surface area contributed by atoms with Gasteiger partial charge in [-0.1, -0.05) is 6.07 Å². The van der Waals surface area contributed by atoms with Crippen LogP contribution in [0, 0.1) is 0 Å². The highest BCUT2D eigenvalue weighted by Gasteiger charge is 2.28. The molecule has 1 aromatic carbocycles. The van der Waals surface area contributed by atoms with Crippen LogP contribution in [0.2, 0.25) is 0 Å². The summed E-state index contributed by atoms with van der Waals surface area (Å²) in [5, 5.41) is 9.14. The molecule has 0 aromatic heterocycles. The standard InChI is InChI=1S/C16H26N2O2/c1-12(17)16-14(8-4-9-15(16)20-2)18(10-5-11-19)13-6-3-7-13/h4,8-9,12-13,19H,3,5-7,10-11,17H2,1-2H3/t12-/m1/s1. The first kappa shape index (κ1) is 15.1. The molecule has 3 N–H and O–H groups in total. The molecule has 1 aliphatic carbocycles. The molecule has 1 fully saturated rings. The minimum absolute atomic E-state index is 0.0714. The van der Waals surface area contributed by atoms with E-state index >= 15 is 0 Å². The van der Waals surface area contributed by atoms with Crippen LogP contribution in [-0.4, -0.2) is 31.4 Å². The van der Waals surface area contributed by atoms with E-state index in [0.29, 0.717) is 6.04 Å². The average molecular weight is 278 g/mol. The number of methoxy groups -OCH3 is 1. The van der Waals surface area contributed by atoms with Crippen molar-refractivity contribution in [2.45, 2.75) is 44.7 Å². The molecule has 0 radical (unpaired) electrons. The van der Waals surface area contributed by atoms with Gasteiger partial charge in [0.25, 0.3) is 0 Å². The summed E-state index contributed by atoms with van der Waals surface area (Å²) in [6, 6.07) is 6.61. The lowest BCUT2D eigenvalue weighted by molar-refractivity contribution is 0.282. The molecule has 20 heavy (non-hydrogen) atoms. The molecule has 0 amide bonds. The Morgan fingerprint density at radius 3 is 2.70 bits per heavy atom. The van der Waals surface area contributed by atoms with Gasteiger partial charge < -0.3 is 20.5 Å². The van der Waals surface area contributed by atoms with Crippen molar-refractivity contribution in [2.75, 3.05) is 25.2 Å². The van der Waals surface area contributed by atoms with Crippen molar-refractivity contribution in [2.24, 2.45) is 5.73 Å². The fourth-order valence-corrected chi connectivity index (χ4v) is 2.86. The number of ether oxygens (including phenoxy) is 1. The normalized spacial score (nSPS) is 16.6. The van der Waals surface area contributed by atoms with Crippen LogP contribution < -0.4 is 15.4 Å². The number of aliphatic hydroxyl groups is 1. The maximum atomic E-state index is 9.14. The van der Waals surface area contributed by atoms with Gasteiger partial charge in [-0.15, -0.1) is 0 Å². The molecule has 0 aliphatic heterocycles. The maximum Gasteiger partial charge on any atom is 0.125 e. The Morgan fingerprint density at radius 2 is 2.20 bits per heavy atom. The van der Waals surface area contributed by atoms with Gasteiger partial charge >= 0.3 is 0 Å². The van der Waals surface area contributed by atoms with E-state index in [4.69, 9.17) is 15.6 Å². The Balaban J connectivity index is 2.35. The monoisotopic (exact) mass is 278 g/mol. The van der Waals surface area contributed by atoms with Gasteiger partial charge in [-0.3, -0.25) is 0 Å². The molecule has 1 aliphatic rings. The lowest BCUT2D eigenvalue weighted by atomic mass is 9.90. The summed E-state index contributed by atoms with van der Waals surface area (Å²) < 4.78 is 5.48. The van der Waals surface area contributed by atoms with E-state index in [-0.39, 0.29) is 12.6 Å². The molecule has 1 aromatic rings. The minimum atomic E-state index is -0.0714. The Kier molecular flexibility index (Phi) is 5.26. The Labute approximate surface area is 121 Å². The number of hydrogen-bond donors (Lipinski definition) is 2. The lowest BCUT2D eigenvalue weighted by Gasteiger charge is -2.41. The number of nitrogens with zero attached hydrogens (tertiary/aromatic N) is 1. The van der Waals surface area contributed by atoms with Crippen molar-refractivity contribution >= 4 is 5.69 Å². The first-order chi connectivity index (χ1) is 9.69. The SMILES string of the molecule is COc1cccc(N(CCCO)C2CCC2)c1[C@@H](C)N. The number of hydrogen-bond acceptors (Lipinski definition) is 4. The number of aliphatic hydroxyl groups excluding tert-OH is 1. The molecular formula is C16H26N2O2. The van der Waals surface area contributed by atoms with E-state index < -0.39 is 0 Å². The van der Waals surface area contributed by atoms with Gasteiger partial charge in [0, 0.05) is 36.5 Å². The minimum Gasteiger partial charge on any atom is -0.496 e. The van der Waals surface area contributed by atoms with E-state index in [2.05, 4.69) is 11.0 Å². The molecule has 1 saturated carbocycles. The third-order valence-electron chi connectivity index (χ3n) is 4.10. The van der Waals surface area contributed by atoms with E-state index in [9.17, 15) is 0 Å². The first-order valence-corrected chi connectivity index (χ1v) is 7.49. The summed E-state index contributed by atoms with van der Waals surface area (Å²) in [6.45, 7) is 3.08. The van der Waals surface area contributed by atoms with E-state index in [1.165, 1.54) is 19.3 Å². The number of nitrogens with two attached hydrogens (primary N) is 1. The zero-order valence-corrected chi connectivity index (χ0v) is 12.5. The zero-order chi connectivity index (χ0) is 14.5. The molecule has 0 unspecified atom stereocenters. The average Bonchev–Trinajstić information content (AvgIpc) is 2.40. The van der Waals surface area contributed by atoms with Crippen LogP contribution >= 0.6 is 0 Å². The predicted octanol–water partition coefficient (Wildman–Crippen LogP) is 2.46. The van der Waals surface area contributed by atoms with Crippen LogP contribution in [0.25, 0.3) is 0 Å². The highest BCUT2D eigenvalue weighted by atomic mass is 16.5. The van der Waals surface area contributed by atoms with Crippen LogP contribution in [0.3, 0.4) is 0 Å². The second kappa shape index (κ2) is 6.95. The molecule has 1 atom stereocenters. The number of benzene rings is 1. The summed E-state index contributed by atoms with van der Waals surface area (Å²) in [5.41, 5.74) is 8.39. The third-order valence-corrected chi connectivity index (χ3v) is 4.10.